The van der Waals surface area contributed by atoms with Gasteiger partial charge in [-0.15, -0.1) is 0 Å². The summed E-state index contributed by atoms with van der Waals surface area (Å²) in [6, 6.07) is 6.38. The number of rotatable bonds is 3. The van der Waals surface area contributed by atoms with Crippen LogP contribution in [0.3, 0.4) is 0 Å². The Labute approximate surface area is 164 Å². The SMILES string of the molecule is CC(=O)[C@@H](C)n1c(=O)c2c(nc3n(-c4ccc(Cl)cc4)c(C)cn23)n(C)c1=O. The number of benzene rings is 1. The predicted octanol–water partition coefficient (Wildman–Crippen LogP) is 2.25. The number of aryl methyl sites for hydroxylation is 2. The average Bonchev–Trinajstić information content (AvgIpc) is 3.15. The van der Waals surface area contributed by atoms with Gasteiger partial charge in [0, 0.05) is 29.6 Å². The van der Waals surface area contributed by atoms with Crippen LogP contribution in [0, 0.1) is 6.92 Å². The fourth-order valence-electron chi connectivity index (χ4n) is 3.41. The zero-order valence-corrected chi connectivity index (χ0v) is 16.6. The van der Waals surface area contributed by atoms with Gasteiger partial charge in [0.25, 0.3) is 5.56 Å². The topological polar surface area (TPSA) is 83.3 Å². The number of imidazole rings is 2. The van der Waals surface area contributed by atoms with E-state index in [1.807, 2.05) is 23.6 Å². The summed E-state index contributed by atoms with van der Waals surface area (Å²) in [6.07, 6.45) is 1.79. The molecule has 28 heavy (non-hydrogen) atoms. The van der Waals surface area contributed by atoms with Crippen LogP contribution in [0.4, 0.5) is 0 Å². The number of aromatic nitrogens is 5. The van der Waals surface area contributed by atoms with E-state index >= 15 is 0 Å². The van der Waals surface area contributed by atoms with E-state index in [1.165, 1.54) is 11.5 Å². The van der Waals surface area contributed by atoms with Gasteiger partial charge >= 0.3 is 5.69 Å². The van der Waals surface area contributed by atoms with Gasteiger partial charge in [-0.3, -0.25) is 23.1 Å². The number of halogens is 1. The van der Waals surface area contributed by atoms with Gasteiger partial charge in [0.2, 0.25) is 5.78 Å². The maximum absolute atomic E-state index is 13.1. The largest absolute Gasteiger partial charge is 0.333 e. The van der Waals surface area contributed by atoms with Crippen LogP contribution in [0.2, 0.25) is 5.02 Å². The molecule has 0 aliphatic rings. The van der Waals surface area contributed by atoms with E-state index < -0.39 is 17.3 Å². The number of fused-ring (bicyclic) bond motifs is 3. The molecule has 9 heteroatoms. The van der Waals surface area contributed by atoms with E-state index in [2.05, 4.69) is 4.98 Å². The fourth-order valence-corrected chi connectivity index (χ4v) is 3.54. The van der Waals surface area contributed by atoms with Crippen molar-refractivity contribution in [2.45, 2.75) is 26.8 Å². The molecule has 144 valence electrons. The van der Waals surface area contributed by atoms with Crippen molar-refractivity contribution < 1.29 is 4.79 Å². The molecule has 0 N–H and O–H groups in total. The fraction of sp³-hybridized carbons (Fsp3) is 0.263. The summed E-state index contributed by atoms with van der Waals surface area (Å²) in [4.78, 5) is 42.2. The molecule has 1 aromatic carbocycles. The van der Waals surface area contributed by atoms with Crippen LogP contribution in [0.5, 0.6) is 0 Å². The van der Waals surface area contributed by atoms with Gasteiger partial charge in [0.15, 0.2) is 16.9 Å². The van der Waals surface area contributed by atoms with Crippen molar-refractivity contribution in [3.63, 3.8) is 0 Å². The van der Waals surface area contributed by atoms with Gasteiger partial charge in [0.05, 0.1) is 6.04 Å². The Bertz CT molecular complexity index is 1370. The standard InChI is InChI=1S/C19H18ClN5O3/c1-10-9-23-15-16(21-18(23)24(10)14-7-5-13(20)6-8-14)22(4)19(28)25(17(15)27)11(2)12(3)26/h5-9,11H,1-4H3/t11-/m1/s1. The third-order valence-corrected chi connectivity index (χ3v) is 5.29. The van der Waals surface area contributed by atoms with Gasteiger partial charge < -0.3 is 0 Å². The highest BCUT2D eigenvalue weighted by Crippen LogP contribution is 2.22. The Kier molecular flexibility index (Phi) is 4.04. The van der Waals surface area contributed by atoms with Gasteiger partial charge in [-0.1, -0.05) is 11.6 Å². The lowest BCUT2D eigenvalue weighted by atomic mass is 10.2. The highest BCUT2D eigenvalue weighted by Gasteiger charge is 2.24. The number of carbonyl (C=O) groups is 1. The minimum atomic E-state index is -0.861. The minimum Gasteiger partial charge on any atom is -0.298 e. The lowest BCUT2D eigenvalue weighted by Crippen LogP contribution is -2.42. The molecule has 4 rings (SSSR count). The number of hydrogen-bond donors (Lipinski definition) is 0. The summed E-state index contributed by atoms with van der Waals surface area (Å²) in [7, 11) is 1.54. The lowest BCUT2D eigenvalue weighted by molar-refractivity contribution is -0.119. The van der Waals surface area contributed by atoms with E-state index in [1.54, 1.807) is 36.7 Å². The molecule has 0 saturated carbocycles. The zero-order valence-electron chi connectivity index (χ0n) is 15.8. The summed E-state index contributed by atoms with van der Waals surface area (Å²) in [5.74, 6) is 0.226. The molecule has 0 spiro atoms. The molecular formula is C19H18ClN5O3. The number of carbonyl (C=O) groups excluding carboxylic acids is 1. The number of nitrogens with zero attached hydrogens (tertiary/aromatic N) is 5. The molecule has 0 fully saturated rings. The maximum Gasteiger partial charge on any atom is 0.333 e. The van der Waals surface area contributed by atoms with E-state index in [9.17, 15) is 14.4 Å². The Balaban J connectivity index is 2.14. The van der Waals surface area contributed by atoms with Gasteiger partial charge in [-0.25, -0.2) is 9.36 Å². The van der Waals surface area contributed by atoms with Gasteiger partial charge in [-0.2, -0.15) is 4.98 Å². The average molecular weight is 400 g/mol. The Hall–Kier alpha value is -3.13. The number of Topliss-reactive ketones (excluding diaryl/α,β-unsaturated/α-hetero) is 1. The van der Waals surface area contributed by atoms with Crippen molar-refractivity contribution >= 4 is 34.3 Å². The molecule has 0 unspecified atom stereocenters. The lowest BCUT2D eigenvalue weighted by Gasteiger charge is -2.12. The highest BCUT2D eigenvalue weighted by atomic mass is 35.5. The molecular weight excluding hydrogens is 382 g/mol. The van der Waals surface area contributed by atoms with Gasteiger partial charge in [-0.05, 0) is 45.0 Å². The van der Waals surface area contributed by atoms with Crippen molar-refractivity contribution in [3.05, 3.63) is 62.0 Å². The molecule has 0 radical (unpaired) electrons. The molecule has 4 aromatic rings. The predicted molar refractivity (Wildman–Crippen MR) is 107 cm³/mol. The first-order chi connectivity index (χ1) is 13.2. The van der Waals surface area contributed by atoms with Crippen LogP contribution in [-0.2, 0) is 11.8 Å². The molecule has 0 bridgehead atoms. The normalized spacial score (nSPS) is 12.8. The monoisotopic (exact) mass is 399 g/mol. The van der Waals surface area contributed by atoms with Crippen molar-refractivity contribution in [1.29, 1.82) is 0 Å². The van der Waals surface area contributed by atoms with Crippen molar-refractivity contribution in [3.8, 4) is 5.69 Å². The molecule has 0 aliphatic carbocycles. The van der Waals surface area contributed by atoms with Crippen LogP contribution in [0.25, 0.3) is 22.6 Å². The van der Waals surface area contributed by atoms with E-state index in [-0.39, 0.29) is 16.9 Å². The third-order valence-electron chi connectivity index (χ3n) is 5.04. The van der Waals surface area contributed by atoms with Crippen LogP contribution >= 0.6 is 11.6 Å². The van der Waals surface area contributed by atoms with E-state index in [0.29, 0.717) is 10.8 Å². The second-order valence-electron chi connectivity index (χ2n) is 6.84. The first kappa shape index (κ1) is 18.2. The molecule has 8 nitrogen and oxygen atoms in total. The molecule has 3 heterocycles. The smallest absolute Gasteiger partial charge is 0.298 e. The summed E-state index contributed by atoms with van der Waals surface area (Å²) in [5, 5.41) is 0.613. The first-order valence-corrected chi connectivity index (χ1v) is 9.08. The molecule has 3 aromatic heterocycles. The van der Waals surface area contributed by atoms with Crippen LogP contribution in [-0.4, -0.2) is 28.9 Å². The molecule has 0 amide bonds. The third kappa shape index (κ3) is 2.45. The Morgan fingerprint density at radius 1 is 1.18 bits per heavy atom. The second kappa shape index (κ2) is 6.20. The number of hydrogen-bond acceptors (Lipinski definition) is 4. The summed E-state index contributed by atoms with van der Waals surface area (Å²) in [6.45, 7) is 4.79. The summed E-state index contributed by atoms with van der Waals surface area (Å²) >= 11 is 5.99. The molecule has 1 atom stereocenters. The quantitative estimate of drug-likeness (QED) is 0.529. The first-order valence-electron chi connectivity index (χ1n) is 8.70. The van der Waals surface area contributed by atoms with Crippen LogP contribution < -0.4 is 11.2 Å². The van der Waals surface area contributed by atoms with Gasteiger partial charge in [0.1, 0.15) is 0 Å². The van der Waals surface area contributed by atoms with Crippen LogP contribution in [0.15, 0.2) is 40.1 Å². The summed E-state index contributed by atoms with van der Waals surface area (Å²) in [5.41, 5.74) is 1.08. The van der Waals surface area contributed by atoms with E-state index in [4.69, 9.17) is 11.6 Å². The Morgan fingerprint density at radius 3 is 2.43 bits per heavy atom. The van der Waals surface area contributed by atoms with E-state index in [0.717, 1.165) is 15.9 Å². The van der Waals surface area contributed by atoms with Crippen molar-refractivity contribution in [2.75, 3.05) is 0 Å². The zero-order chi connectivity index (χ0) is 20.3. The van der Waals surface area contributed by atoms with Crippen molar-refractivity contribution in [1.82, 2.24) is 23.1 Å². The molecule has 0 saturated heterocycles. The minimum absolute atomic E-state index is 0.251. The summed E-state index contributed by atoms with van der Waals surface area (Å²) < 4.78 is 5.81. The second-order valence-corrected chi connectivity index (χ2v) is 7.28. The van der Waals surface area contributed by atoms with Crippen molar-refractivity contribution in [2.24, 2.45) is 7.05 Å². The highest BCUT2D eigenvalue weighted by molar-refractivity contribution is 6.30. The van der Waals surface area contributed by atoms with Crippen LogP contribution in [0.1, 0.15) is 25.6 Å². The molecule has 0 aliphatic heterocycles. The number of ketones is 1. The Morgan fingerprint density at radius 2 is 1.82 bits per heavy atom. The maximum atomic E-state index is 13.1.